The highest BCUT2D eigenvalue weighted by Gasteiger charge is 2.32. The number of ether oxygens (including phenoxy) is 2. The normalized spacial score (nSPS) is 11.9. The Morgan fingerprint density at radius 1 is 0.944 bits per heavy atom. The first kappa shape index (κ1) is 31.8. The van der Waals surface area contributed by atoms with E-state index in [9.17, 15) is 22.8 Å². The van der Waals surface area contributed by atoms with Crippen molar-refractivity contribution in [2.45, 2.75) is 90.8 Å². The summed E-state index contributed by atoms with van der Waals surface area (Å²) in [7, 11) is 1.36. The predicted molar refractivity (Wildman–Crippen MR) is 138 cm³/mol. The molecule has 0 N–H and O–H groups in total. The lowest BCUT2D eigenvalue weighted by Crippen LogP contribution is -2.27. The molecule has 0 heterocycles. The molecule has 0 bridgehead atoms. The average Bonchev–Trinajstić information content (AvgIpc) is 2.82. The minimum Gasteiger partial charge on any atom is -0.461 e. The summed E-state index contributed by atoms with van der Waals surface area (Å²) in [4.78, 5) is 25.0. The molecule has 0 aliphatic rings. The van der Waals surface area contributed by atoms with Gasteiger partial charge in [0.1, 0.15) is 5.75 Å². The number of nitrogens with zero attached hydrogens (tertiary/aromatic N) is 2. The van der Waals surface area contributed by atoms with E-state index in [0.29, 0.717) is 5.75 Å². The van der Waals surface area contributed by atoms with E-state index in [-0.39, 0.29) is 23.6 Å². The zero-order valence-corrected chi connectivity index (χ0v) is 22.4. The molecule has 0 radical (unpaired) electrons. The number of likely N-dealkylation sites (N-methyl/N-ethyl adjacent to an activating group) is 1. The summed E-state index contributed by atoms with van der Waals surface area (Å²) < 4.78 is 47.0. The van der Waals surface area contributed by atoms with E-state index in [4.69, 9.17) is 4.74 Å². The number of hydrogen-bond acceptors (Lipinski definition) is 6. The fourth-order valence-electron chi connectivity index (χ4n) is 3.42. The lowest BCUT2D eigenvalue weighted by Gasteiger charge is -2.16. The van der Waals surface area contributed by atoms with E-state index in [1.807, 2.05) is 0 Å². The van der Waals surface area contributed by atoms with Crippen LogP contribution in [0.15, 0.2) is 29.4 Å². The first-order chi connectivity index (χ1) is 17.2. The molecule has 0 unspecified atom stereocenters. The number of amides is 1. The maximum Gasteiger partial charge on any atom is 0.573 e. The van der Waals surface area contributed by atoms with Crippen LogP contribution in [0.4, 0.5) is 13.2 Å². The predicted octanol–water partition coefficient (Wildman–Crippen LogP) is 7.12. The standard InChI is InChI=1S/C26H39F3N2O4S/c1-4-6-7-8-9-10-11-12-13-16-19-36-24(25(33)34-5-2)30-31(3)23(32)20-21-17-14-15-18-22(21)35-26(27,28)29/h14-15,17-18H,4-13,16,19-20H2,1-3H3/b30-24-. The molecule has 1 aromatic rings. The van der Waals surface area contributed by atoms with Crippen LogP contribution in [0.5, 0.6) is 5.75 Å². The van der Waals surface area contributed by atoms with Crippen molar-refractivity contribution in [3.63, 3.8) is 0 Å². The molecule has 36 heavy (non-hydrogen) atoms. The molecule has 1 amide bonds. The van der Waals surface area contributed by atoms with Gasteiger partial charge in [0.2, 0.25) is 11.0 Å². The molecule has 0 saturated heterocycles. The number of benzene rings is 1. The van der Waals surface area contributed by atoms with Gasteiger partial charge in [-0.1, -0.05) is 94.7 Å². The van der Waals surface area contributed by atoms with Gasteiger partial charge in [0.05, 0.1) is 13.0 Å². The van der Waals surface area contributed by atoms with Crippen molar-refractivity contribution in [3.8, 4) is 5.75 Å². The van der Waals surface area contributed by atoms with Gasteiger partial charge < -0.3 is 9.47 Å². The summed E-state index contributed by atoms with van der Waals surface area (Å²) in [5.41, 5.74) is 0.0672. The van der Waals surface area contributed by atoms with Crippen molar-refractivity contribution in [1.82, 2.24) is 5.01 Å². The average molecular weight is 533 g/mol. The second-order valence-corrected chi connectivity index (χ2v) is 9.49. The van der Waals surface area contributed by atoms with Crippen LogP contribution in [0.2, 0.25) is 0 Å². The van der Waals surface area contributed by atoms with Crippen molar-refractivity contribution >= 4 is 28.7 Å². The second kappa shape index (κ2) is 18.1. The third-order valence-electron chi connectivity index (χ3n) is 5.33. The molecule has 1 rings (SSSR count). The van der Waals surface area contributed by atoms with Crippen LogP contribution in [-0.4, -0.2) is 47.7 Å². The number of carbonyl (C=O) groups is 2. The van der Waals surface area contributed by atoms with E-state index in [2.05, 4.69) is 16.8 Å². The third kappa shape index (κ3) is 14.4. The smallest absolute Gasteiger partial charge is 0.461 e. The molecule has 0 saturated carbocycles. The number of carbonyl (C=O) groups excluding carboxylic acids is 2. The van der Waals surface area contributed by atoms with E-state index in [1.54, 1.807) is 6.92 Å². The monoisotopic (exact) mass is 532 g/mol. The zero-order valence-electron chi connectivity index (χ0n) is 21.6. The van der Waals surface area contributed by atoms with E-state index in [0.717, 1.165) is 30.3 Å². The summed E-state index contributed by atoms with van der Waals surface area (Å²) in [5.74, 6) is -1.01. The van der Waals surface area contributed by atoms with Gasteiger partial charge in [-0.3, -0.25) is 4.79 Å². The topological polar surface area (TPSA) is 68.2 Å². The van der Waals surface area contributed by atoms with Crippen LogP contribution in [0.3, 0.4) is 0 Å². The summed E-state index contributed by atoms with van der Waals surface area (Å²) in [5, 5.41) is 5.11. The Morgan fingerprint density at radius 2 is 1.53 bits per heavy atom. The Kier molecular flexibility index (Phi) is 16.0. The number of halogens is 3. The molecule has 0 aliphatic heterocycles. The number of unbranched alkanes of at least 4 members (excludes halogenated alkanes) is 9. The first-order valence-corrected chi connectivity index (χ1v) is 13.6. The van der Waals surface area contributed by atoms with Gasteiger partial charge in [-0.2, -0.15) is 5.10 Å². The SMILES string of the molecule is CCCCCCCCCCCCS/C(=N\N(C)C(=O)Cc1ccccc1OC(F)(F)F)C(=O)OCC. The molecule has 10 heteroatoms. The van der Waals surface area contributed by atoms with Crippen molar-refractivity contribution in [2.75, 3.05) is 19.4 Å². The van der Waals surface area contributed by atoms with Crippen molar-refractivity contribution < 1.29 is 32.2 Å². The highest BCUT2D eigenvalue weighted by molar-refractivity contribution is 8.15. The minimum atomic E-state index is -4.87. The van der Waals surface area contributed by atoms with E-state index in [1.165, 1.54) is 82.0 Å². The molecule has 0 fully saturated rings. The van der Waals surface area contributed by atoms with Gasteiger partial charge in [0.15, 0.2) is 0 Å². The Bertz CT molecular complexity index is 819. The highest BCUT2D eigenvalue weighted by Crippen LogP contribution is 2.27. The molecule has 0 aliphatic carbocycles. The van der Waals surface area contributed by atoms with Gasteiger partial charge in [0.25, 0.3) is 0 Å². The summed E-state index contributed by atoms with van der Waals surface area (Å²) in [6.45, 7) is 4.05. The number of hydrogen-bond donors (Lipinski definition) is 0. The van der Waals surface area contributed by atoms with Gasteiger partial charge in [-0.15, -0.1) is 13.2 Å². The molecule has 0 atom stereocenters. The fourth-order valence-corrected chi connectivity index (χ4v) is 4.32. The van der Waals surface area contributed by atoms with E-state index >= 15 is 0 Å². The summed E-state index contributed by atoms with van der Waals surface area (Å²) in [6.07, 6.45) is 6.75. The summed E-state index contributed by atoms with van der Waals surface area (Å²) >= 11 is 1.22. The number of hydrazone groups is 1. The number of rotatable bonds is 16. The van der Waals surface area contributed by atoms with Crippen molar-refractivity contribution in [3.05, 3.63) is 29.8 Å². The Morgan fingerprint density at radius 3 is 2.11 bits per heavy atom. The lowest BCUT2D eigenvalue weighted by molar-refractivity contribution is -0.274. The number of thioether (sulfide) groups is 1. The largest absolute Gasteiger partial charge is 0.573 e. The first-order valence-electron chi connectivity index (χ1n) is 12.7. The van der Waals surface area contributed by atoms with Crippen LogP contribution in [0, 0.1) is 0 Å². The van der Waals surface area contributed by atoms with Gasteiger partial charge in [0, 0.05) is 12.6 Å². The molecule has 0 spiro atoms. The number of para-hydroxylation sites is 1. The lowest BCUT2D eigenvalue weighted by atomic mass is 10.1. The van der Waals surface area contributed by atoms with E-state index < -0.39 is 24.0 Å². The van der Waals surface area contributed by atoms with Crippen LogP contribution in [-0.2, 0) is 20.7 Å². The maximum absolute atomic E-state index is 12.6. The quantitative estimate of drug-likeness (QED) is 0.0746. The van der Waals surface area contributed by atoms with Crippen LogP contribution >= 0.6 is 11.8 Å². The number of esters is 1. The van der Waals surface area contributed by atoms with Gasteiger partial charge >= 0.3 is 12.3 Å². The minimum absolute atomic E-state index is 0.0449. The molecule has 6 nitrogen and oxygen atoms in total. The molecule has 204 valence electrons. The van der Waals surface area contributed by atoms with Crippen molar-refractivity contribution in [1.29, 1.82) is 0 Å². The highest BCUT2D eigenvalue weighted by atomic mass is 32.2. The third-order valence-corrected chi connectivity index (χ3v) is 6.34. The van der Waals surface area contributed by atoms with Gasteiger partial charge in [-0.25, -0.2) is 9.80 Å². The van der Waals surface area contributed by atoms with Gasteiger partial charge in [-0.05, 0) is 25.2 Å². The van der Waals surface area contributed by atoms with Crippen LogP contribution in [0.25, 0.3) is 0 Å². The van der Waals surface area contributed by atoms with Crippen LogP contribution in [0.1, 0.15) is 83.6 Å². The second-order valence-electron chi connectivity index (χ2n) is 8.41. The number of alkyl halides is 3. The van der Waals surface area contributed by atoms with Crippen LogP contribution < -0.4 is 4.74 Å². The maximum atomic E-state index is 12.6. The molecule has 0 aromatic heterocycles. The zero-order chi connectivity index (χ0) is 26.8. The van der Waals surface area contributed by atoms with Crippen molar-refractivity contribution in [2.24, 2.45) is 5.10 Å². The molecular weight excluding hydrogens is 493 g/mol. The Labute approximate surface area is 217 Å². The Balaban J connectivity index is 2.58. The fraction of sp³-hybridized carbons (Fsp3) is 0.654. The molecule has 1 aromatic carbocycles. The molecular formula is C26H39F3N2O4S. The Hall–Kier alpha value is -2.23. The summed E-state index contributed by atoms with van der Waals surface area (Å²) in [6, 6.07) is 5.43.